The van der Waals surface area contributed by atoms with Gasteiger partial charge in [0.15, 0.2) is 23.9 Å². The van der Waals surface area contributed by atoms with E-state index in [0.29, 0.717) is 17.7 Å². The van der Waals surface area contributed by atoms with Gasteiger partial charge in [-0.1, -0.05) is 18.2 Å². The summed E-state index contributed by atoms with van der Waals surface area (Å²) in [6.07, 6.45) is -3.55. The summed E-state index contributed by atoms with van der Waals surface area (Å²) in [5, 5.41) is 65.0. The Hall–Kier alpha value is -2.25. The molecule has 2 fully saturated rings. The number of aliphatic hydroxyl groups excluding tert-OH is 5. The zero-order chi connectivity index (χ0) is 24.5. The maximum Gasteiger partial charge on any atom is 0.335 e. The van der Waals surface area contributed by atoms with Crippen molar-refractivity contribution >= 4 is 5.97 Å². The monoisotopic (exact) mass is 479 g/mol. The summed E-state index contributed by atoms with van der Waals surface area (Å²) < 4.78 is 10.4. The van der Waals surface area contributed by atoms with Gasteiger partial charge in [-0.05, 0) is 38.1 Å². The van der Waals surface area contributed by atoms with Crippen LogP contribution in [0.1, 0.15) is 17.5 Å². The van der Waals surface area contributed by atoms with Gasteiger partial charge in [0.05, 0.1) is 0 Å². The Morgan fingerprint density at radius 3 is 2.53 bits per heavy atom. The summed E-state index contributed by atoms with van der Waals surface area (Å²) in [7, 11) is 2.19. The molecule has 34 heavy (non-hydrogen) atoms. The van der Waals surface area contributed by atoms with Crippen LogP contribution in [0, 0.1) is 5.92 Å². The second-order valence-electron chi connectivity index (χ2n) is 9.69. The molecule has 11 nitrogen and oxygen atoms in total. The first kappa shape index (κ1) is 23.5. The molecule has 0 amide bonds. The van der Waals surface area contributed by atoms with E-state index in [4.69, 9.17) is 30.3 Å². The molecule has 6 rings (SSSR count). The van der Waals surface area contributed by atoms with Crippen LogP contribution in [-0.4, -0.2) is 109 Å². The number of phenols is 1. The average Bonchev–Trinajstić information content (AvgIpc) is 3.16. The summed E-state index contributed by atoms with van der Waals surface area (Å²) in [5.74, 6) is -0.327. The Kier molecular flexibility index (Phi) is 5.64. The number of aromatic hydroxyl groups is 1. The van der Waals surface area contributed by atoms with E-state index in [1.165, 1.54) is 11.1 Å². The van der Waals surface area contributed by atoms with Crippen LogP contribution in [0.5, 0.6) is 11.5 Å². The lowest BCUT2D eigenvalue weighted by Crippen LogP contribution is -2.64. The van der Waals surface area contributed by atoms with E-state index < -0.39 is 42.8 Å². The number of carbonyl (C=O) groups is 1. The smallest absolute Gasteiger partial charge is 0.335 e. The van der Waals surface area contributed by atoms with Crippen LogP contribution in [0.25, 0.3) is 0 Å². The maximum atomic E-state index is 10.4. The fourth-order valence-electron chi connectivity index (χ4n) is 6.30. The number of carboxylic acids is 1. The number of hydrogen-bond donors (Lipinski definition) is 7. The highest BCUT2D eigenvalue weighted by Gasteiger charge is 2.64. The van der Waals surface area contributed by atoms with Crippen LogP contribution in [-0.2, 0) is 21.4 Å². The second kappa shape index (κ2) is 8.16. The molecular weight excluding hydrogens is 450 g/mol. The number of piperidine rings is 1. The van der Waals surface area contributed by atoms with Crippen molar-refractivity contribution in [3.63, 3.8) is 0 Å². The van der Waals surface area contributed by atoms with Gasteiger partial charge in [0.2, 0.25) is 0 Å². The maximum absolute atomic E-state index is 10.4. The summed E-state index contributed by atoms with van der Waals surface area (Å²) in [4.78, 5) is 12.8. The van der Waals surface area contributed by atoms with E-state index in [9.17, 15) is 15.0 Å². The van der Waals surface area contributed by atoms with Crippen molar-refractivity contribution < 1.29 is 50.0 Å². The summed E-state index contributed by atoms with van der Waals surface area (Å²) in [6.45, 7) is 1.01. The molecule has 0 radical (unpaired) electrons. The van der Waals surface area contributed by atoms with Crippen LogP contribution in [0.15, 0.2) is 24.3 Å². The van der Waals surface area contributed by atoms with Gasteiger partial charge in [-0.25, -0.2) is 4.79 Å². The normalized spacial score (nSPS) is 43.9. The quantitative estimate of drug-likeness (QED) is 0.223. The first-order valence-corrected chi connectivity index (χ1v) is 11.3. The van der Waals surface area contributed by atoms with Gasteiger partial charge in [-0.2, -0.15) is 0 Å². The molecule has 0 unspecified atom stereocenters. The molecule has 0 aromatic heterocycles. The number of likely N-dealkylation sites (tertiary alicyclic amines) is 1. The Bertz CT molecular complexity index is 1020. The second-order valence-corrected chi connectivity index (χ2v) is 9.69. The molecule has 0 saturated carbocycles. The van der Waals surface area contributed by atoms with Crippen molar-refractivity contribution in [3.8, 4) is 11.5 Å². The summed E-state index contributed by atoms with van der Waals surface area (Å²) in [5.41, 5.74) is 2.29. The highest BCUT2D eigenvalue weighted by molar-refractivity contribution is 5.73. The average molecular weight is 479 g/mol. The van der Waals surface area contributed by atoms with E-state index in [2.05, 4.69) is 22.8 Å². The zero-order valence-electron chi connectivity index (χ0n) is 18.4. The van der Waals surface area contributed by atoms with Gasteiger partial charge >= 0.3 is 5.97 Å². The Morgan fingerprint density at radius 1 is 1.09 bits per heavy atom. The number of aliphatic carboxylic acids is 1. The molecular formula is C23H29NO10. The minimum atomic E-state index is -1.81. The highest BCUT2D eigenvalue weighted by atomic mass is 16.6. The molecule has 5 aliphatic rings. The topological polar surface area (TPSA) is 180 Å². The fraction of sp³-hybridized carbons (Fsp3) is 0.609. The van der Waals surface area contributed by atoms with Gasteiger partial charge < -0.3 is 50.1 Å². The number of nitrogens with zero attached hydrogens (tertiary/aromatic N) is 1. The Morgan fingerprint density at radius 2 is 1.82 bits per heavy atom. The summed E-state index contributed by atoms with van der Waals surface area (Å²) in [6, 6.07) is 4.23. The van der Waals surface area contributed by atoms with Gasteiger partial charge in [0.25, 0.3) is 0 Å². The molecule has 11 heteroatoms. The molecule has 7 N–H and O–H groups in total. The third kappa shape index (κ3) is 3.19. The number of benzene rings is 1. The number of aliphatic hydroxyl groups is 5. The number of ether oxygens (including phenoxy) is 2. The fourth-order valence-corrected chi connectivity index (χ4v) is 6.30. The standard InChI is InChI=1S/C17H19NO3.C6H10O7/c1-18-7-6-17-10-3-5-13(20)16(17)21-15-12(19)4-2-9(14(15)17)8-11(10)18;7-1-2(8)4(5(10)11)13-6(12)3(1)9/h2-5,10-11,13,16,19-20H,6-8H2,1H3;1-4,6-9,12H,(H,10,11)/t10-,11+,13-,16-,17-;1-,2-,3+,4-,6-/m00/s1. The largest absolute Gasteiger partial charge is 0.504 e. The highest BCUT2D eigenvalue weighted by Crippen LogP contribution is 2.62. The van der Waals surface area contributed by atoms with Crippen molar-refractivity contribution in [2.24, 2.45) is 5.92 Å². The molecule has 2 aliphatic carbocycles. The van der Waals surface area contributed by atoms with Gasteiger partial charge in [0.1, 0.15) is 30.5 Å². The Labute approximate surface area is 195 Å². The van der Waals surface area contributed by atoms with Gasteiger partial charge in [-0.3, -0.25) is 0 Å². The van der Waals surface area contributed by atoms with E-state index in [1.807, 2.05) is 12.1 Å². The van der Waals surface area contributed by atoms with Gasteiger partial charge in [0, 0.05) is 22.9 Å². The van der Waals surface area contributed by atoms with Gasteiger partial charge in [-0.15, -0.1) is 0 Å². The lowest BCUT2D eigenvalue weighted by Gasteiger charge is -2.56. The van der Waals surface area contributed by atoms with Crippen LogP contribution in [0.2, 0.25) is 0 Å². The first-order chi connectivity index (χ1) is 16.1. The minimum absolute atomic E-state index is 0.160. The minimum Gasteiger partial charge on any atom is -0.504 e. The predicted octanol–water partition coefficient (Wildman–Crippen LogP) is -1.93. The predicted molar refractivity (Wildman–Crippen MR) is 114 cm³/mol. The third-order valence-corrected chi connectivity index (χ3v) is 7.98. The molecule has 2 bridgehead atoms. The zero-order valence-corrected chi connectivity index (χ0v) is 18.4. The molecule has 1 aromatic rings. The van der Waals surface area contributed by atoms with Crippen molar-refractivity contribution in [2.45, 2.75) is 67.2 Å². The molecule has 1 aromatic carbocycles. The molecule has 1 spiro atoms. The van der Waals surface area contributed by atoms with Crippen molar-refractivity contribution in [3.05, 3.63) is 35.4 Å². The van der Waals surface area contributed by atoms with E-state index in [-0.39, 0.29) is 17.3 Å². The number of carboxylic acid groups (broad SMARTS) is 1. The van der Waals surface area contributed by atoms with Crippen LogP contribution in [0.4, 0.5) is 0 Å². The van der Waals surface area contributed by atoms with Crippen LogP contribution >= 0.6 is 0 Å². The number of hydrogen-bond acceptors (Lipinski definition) is 10. The molecule has 10 atom stereocenters. The number of phenolic OH excluding ortho intramolecular Hbond substituents is 1. The molecule has 2 saturated heterocycles. The van der Waals surface area contributed by atoms with Crippen LogP contribution < -0.4 is 4.74 Å². The summed E-state index contributed by atoms with van der Waals surface area (Å²) >= 11 is 0. The van der Waals surface area contributed by atoms with Crippen molar-refractivity contribution in [2.75, 3.05) is 13.6 Å². The SMILES string of the molecule is CN1CC[C@]23c4c5ccc(O)c4O[C@H]2[C@@H](O)C=C[C@H]3[C@H]1C5.O=C(O)[C@H]1O[C@H](O)[C@H](O)[C@@H](O)[C@@H]1O. The molecule has 186 valence electrons. The van der Waals surface area contributed by atoms with Crippen molar-refractivity contribution in [1.82, 2.24) is 4.90 Å². The molecule has 3 aliphatic heterocycles. The first-order valence-electron chi connectivity index (χ1n) is 11.3. The van der Waals surface area contributed by atoms with Crippen LogP contribution in [0.3, 0.4) is 0 Å². The van der Waals surface area contributed by atoms with Crippen molar-refractivity contribution in [1.29, 1.82) is 0 Å². The van der Waals surface area contributed by atoms with E-state index in [0.717, 1.165) is 19.4 Å². The number of likely N-dealkylation sites (N-methyl/N-ethyl adjacent to an activating group) is 1. The lowest BCUT2D eigenvalue weighted by molar-refractivity contribution is -0.279. The lowest BCUT2D eigenvalue weighted by atomic mass is 9.53. The third-order valence-electron chi connectivity index (χ3n) is 7.98. The number of rotatable bonds is 1. The van der Waals surface area contributed by atoms with E-state index in [1.54, 1.807) is 6.07 Å². The molecule has 3 heterocycles. The van der Waals surface area contributed by atoms with E-state index >= 15 is 0 Å². The Balaban J connectivity index is 0.000000161.